The third-order valence-corrected chi connectivity index (χ3v) is 2.11. The van der Waals surface area contributed by atoms with Gasteiger partial charge in [0.25, 0.3) is 0 Å². The number of hydrogen-bond acceptors (Lipinski definition) is 3. The molecule has 1 aromatic heterocycles. The number of rotatable bonds is 8. The van der Waals surface area contributed by atoms with Crippen LogP contribution in [0.25, 0.3) is 0 Å². The first kappa shape index (κ1) is 12.9. The van der Waals surface area contributed by atoms with E-state index in [0.717, 1.165) is 31.8 Å². The third-order valence-electron chi connectivity index (χ3n) is 2.11. The smallest absolute Gasteiger partial charge is 0.0672 e. The highest BCUT2D eigenvalue weighted by Gasteiger charge is 1.96. The van der Waals surface area contributed by atoms with Crippen molar-refractivity contribution in [1.29, 1.82) is 0 Å². The summed E-state index contributed by atoms with van der Waals surface area (Å²) in [6.45, 7) is 11.8. The number of aryl methyl sites for hydroxylation is 1. The topological polar surface area (TPSA) is 39.1 Å². The summed E-state index contributed by atoms with van der Waals surface area (Å²) in [5.74, 6) is 0. The minimum absolute atomic E-state index is 0.648. The molecule has 90 valence electrons. The lowest BCUT2D eigenvalue weighted by Crippen LogP contribution is -2.19. The van der Waals surface area contributed by atoms with Gasteiger partial charge in [-0.1, -0.05) is 12.2 Å². The first-order valence-electron chi connectivity index (χ1n) is 5.66. The SMILES string of the molecule is C=C(C)COCCNCc1cnn(CC)c1. The maximum atomic E-state index is 5.38. The molecule has 4 heteroatoms. The quantitative estimate of drug-likeness (QED) is 0.537. The lowest BCUT2D eigenvalue weighted by molar-refractivity contribution is 0.158. The summed E-state index contributed by atoms with van der Waals surface area (Å²) in [4.78, 5) is 0. The average Bonchev–Trinajstić information content (AvgIpc) is 2.70. The molecule has 0 aliphatic carbocycles. The molecule has 0 bridgehead atoms. The van der Waals surface area contributed by atoms with Crippen LogP contribution >= 0.6 is 0 Å². The summed E-state index contributed by atoms with van der Waals surface area (Å²) in [5.41, 5.74) is 2.27. The molecule has 0 amide bonds. The molecular weight excluding hydrogens is 202 g/mol. The second-order valence-corrected chi connectivity index (χ2v) is 3.89. The molecule has 0 aromatic carbocycles. The molecule has 0 aliphatic heterocycles. The van der Waals surface area contributed by atoms with E-state index in [9.17, 15) is 0 Å². The summed E-state index contributed by atoms with van der Waals surface area (Å²) >= 11 is 0. The number of nitrogens with one attached hydrogen (secondary N) is 1. The molecule has 1 rings (SSSR count). The normalized spacial score (nSPS) is 10.6. The Bertz CT molecular complexity index is 320. The van der Waals surface area contributed by atoms with Crippen molar-refractivity contribution in [2.75, 3.05) is 19.8 Å². The first-order valence-corrected chi connectivity index (χ1v) is 5.66. The molecule has 0 aliphatic rings. The minimum atomic E-state index is 0.648. The molecule has 0 radical (unpaired) electrons. The molecule has 16 heavy (non-hydrogen) atoms. The van der Waals surface area contributed by atoms with Gasteiger partial charge < -0.3 is 10.1 Å². The molecule has 0 spiro atoms. The van der Waals surface area contributed by atoms with E-state index in [1.165, 1.54) is 5.56 Å². The van der Waals surface area contributed by atoms with Gasteiger partial charge in [-0.3, -0.25) is 4.68 Å². The molecule has 4 nitrogen and oxygen atoms in total. The third kappa shape index (κ3) is 5.09. The number of nitrogens with zero attached hydrogens (tertiary/aromatic N) is 2. The van der Waals surface area contributed by atoms with Gasteiger partial charge in [0.15, 0.2) is 0 Å². The van der Waals surface area contributed by atoms with E-state index in [1.807, 2.05) is 17.8 Å². The maximum Gasteiger partial charge on any atom is 0.0672 e. The van der Waals surface area contributed by atoms with Crippen LogP contribution in [0, 0.1) is 0 Å². The highest BCUT2D eigenvalue weighted by Crippen LogP contribution is 1.96. The monoisotopic (exact) mass is 223 g/mol. The Morgan fingerprint density at radius 1 is 1.62 bits per heavy atom. The van der Waals surface area contributed by atoms with E-state index in [1.54, 1.807) is 0 Å². The molecule has 1 heterocycles. The summed E-state index contributed by atoms with van der Waals surface area (Å²) in [6, 6.07) is 0. The van der Waals surface area contributed by atoms with Crippen molar-refractivity contribution in [2.45, 2.75) is 26.9 Å². The van der Waals surface area contributed by atoms with Crippen molar-refractivity contribution in [3.63, 3.8) is 0 Å². The summed E-state index contributed by atoms with van der Waals surface area (Å²) in [7, 11) is 0. The van der Waals surface area contributed by atoms with Crippen LogP contribution in [0.2, 0.25) is 0 Å². The van der Waals surface area contributed by atoms with E-state index in [-0.39, 0.29) is 0 Å². The van der Waals surface area contributed by atoms with Crippen LogP contribution in [0.5, 0.6) is 0 Å². The van der Waals surface area contributed by atoms with E-state index in [4.69, 9.17) is 4.74 Å². The summed E-state index contributed by atoms with van der Waals surface area (Å²) in [6.07, 6.45) is 3.95. The fourth-order valence-corrected chi connectivity index (χ4v) is 1.29. The zero-order valence-electron chi connectivity index (χ0n) is 10.2. The Hall–Kier alpha value is -1.13. The molecule has 0 atom stereocenters. The number of aromatic nitrogens is 2. The van der Waals surface area contributed by atoms with E-state index in [0.29, 0.717) is 6.61 Å². The van der Waals surface area contributed by atoms with E-state index in [2.05, 4.69) is 30.1 Å². The maximum absolute atomic E-state index is 5.38. The lowest BCUT2D eigenvalue weighted by atomic mass is 10.3. The highest BCUT2D eigenvalue weighted by atomic mass is 16.5. The van der Waals surface area contributed by atoms with Crippen LogP contribution < -0.4 is 5.32 Å². The van der Waals surface area contributed by atoms with Gasteiger partial charge in [-0.2, -0.15) is 5.10 Å². The second-order valence-electron chi connectivity index (χ2n) is 3.89. The Balaban J connectivity index is 2.04. The highest BCUT2D eigenvalue weighted by molar-refractivity contribution is 5.02. The van der Waals surface area contributed by atoms with Crippen molar-refractivity contribution in [2.24, 2.45) is 0 Å². The zero-order valence-corrected chi connectivity index (χ0v) is 10.2. The number of hydrogen-bond donors (Lipinski definition) is 1. The standard InChI is InChI=1S/C12H21N3O/c1-4-15-9-12(8-14-15)7-13-5-6-16-10-11(2)3/h8-9,13H,2,4-7,10H2,1,3H3. The average molecular weight is 223 g/mol. The Labute approximate surface area is 97.3 Å². The van der Waals surface area contributed by atoms with Crippen LogP contribution in [0.1, 0.15) is 19.4 Å². The molecule has 0 saturated carbocycles. The molecule has 0 unspecified atom stereocenters. The minimum Gasteiger partial charge on any atom is -0.376 e. The van der Waals surface area contributed by atoms with Crippen molar-refractivity contribution in [3.05, 3.63) is 30.1 Å². The molecule has 1 N–H and O–H groups in total. The van der Waals surface area contributed by atoms with Crippen molar-refractivity contribution >= 4 is 0 Å². The van der Waals surface area contributed by atoms with Crippen LogP contribution in [-0.2, 0) is 17.8 Å². The lowest BCUT2D eigenvalue weighted by Gasteiger charge is -2.04. The second kappa shape index (κ2) is 7.19. The van der Waals surface area contributed by atoms with Gasteiger partial charge in [-0.05, 0) is 13.8 Å². The fraction of sp³-hybridized carbons (Fsp3) is 0.583. The van der Waals surface area contributed by atoms with Crippen LogP contribution in [-0.4, -0.2) is 29.5 Å². The molecule has 0 saturated heterocycles. The Kier molecular flexibility index (Phi) is 5.82. The van der Waals surface area contributed by atoms with E-state index < -0.39 is 0 Å². The Morgan fingerprint density at radius 2 is 2.44 bits per heavy atom. The molecule has 0 fully saturated rings. The predicted octanol–water partition coefficient (Wildman–Crippen LogP) is 1.59. The van der Waals surface area contributed by atoms with Crippen LogP contribution in [0.3, 0.4) is 0 Å². The van der Waals surface area contributed by atoms with Gasteiger partial charge in [-0.25, -0.2) is 0 Å². The Morgan fingerprint density at radius 3 is 3.06 bits per heavy atom. The first-order chi connectivity index (χ1) is 7.72. The van der Waals surface area contributed by atoms with Gasteiger partial charge in [0, 0.05) is 31.4 Å². The van der Waals surface area contributed by atoms with Crippen molar-refractivity contribution in [3.8, 4) is 0 Å². The van der Waals surface area contributed by atoms with Gasteiger partial charge in [0.2, 0.25) is 0 Å². The summed E-state index contributed by atoms with van der Waals surface area (Å²) < 4.78 is 7.30. The van der Waals surface area contributed by atoms with Gasteiger partial charge in [0.1, 0.15) is 0 Å². The van der Waals surface area contributed by atoms with Crippen molar-refractivity contribution < 1.29 is 4.74 Å². The van der Waals surface area contributed by atoms with Gasteiger partial charge in [-0.15, -0.1) is 0 Å². The molecule has 1 aromatic rings. The van der Waals surface area contributed by atoms with Crippen LogP contribution in [0.15, 0.2) is 24.5 Å². The van der Waals surface area contributed by atoms with Crippen LogP contribution in [0.4, 0.5) is 0 Å². The van der Waals surface area contributed by atoms with Crippen molar-refractivity contribution in [1.82, 2.24) is 15.1 Å². The predicted molar refractivity (Wildman–Crippen MR) is 65.2 cm³/mol. The zero-order chi connectivity index (χ0) is 11.8. The molecular formula is C12H21N3O. The number of ether oxygens (including phenoxy) is 1. The van der Waals surface area contributed by atoms with E-state index >= 15 is 0 Å². The van der Waals surface area contributed by atoms with Gasteiger partial charge in [0.05, 0.1) is 19.4 Å². The van der Waals surface area contributed by atoms with Gasteiger partial charge >= 0.3 is 0 Å². The summed E-state index contributed by atoms with van der Waals surface area (Å²) in [5, 5.41) is 7.51. The largest absolute Gasteiger partial charge is 0.376 e. The fourth-order valence-electron chi connectivity index (χ4n) is 1.29.